The number of alkyl halides is 3. The van der Waals surface area contributed by atoms with E-state index in [0.29, 0.717) is 16.7 Å². The first-order valence-corrected chi connectivity index (χ1v) is 11.8. The number of Topliss-reactive ketones (excluding diaryl/α,β-unsaturated/α-hetero) is 1. The molecule has 0 fully saturated rings. The van der Waals surface area contributed by atoms with Crippen LogP contribution in [0.5, 0.6) is 5.75 Å². The number of hydrogen-bond donors (Lipinski definition) is 2. The van der Waals surface area contributed by atoms with Gasteiger partial charge in [-0.15, -0.1) is 13.2 Å². The highest BCUT2D eigenvalue weighted by molar-refractivity contribution is 7.92. The highest BCUT2D eigenvalue weighted by Crippen LogP contribution is 2.31. The maximum Gasteiger partial charge on any atom is 0.573 e. The summed E-state index contributed by atoms with van der Waals surface area (Å²) in [5, 5.41) is -0.111. The summed E-state index contributed by atoms with van der Waals surface area (Å²) in [5.74, 6) is -1.17. The molecule has 3 N–H and O–H groups in total. The third-order valence-electron chi connectivity index (χ3n) is 4.76. The van der Waals surface area contributed by atoms with E-state index in [9.17, 15) is 31.2 Å². The zero-order chi connectivity index (χ0) is 25.8. The van der Waals surface area contributed by atoms with E-state index in [-0.39, 0.29) is 28.3 Å². The molecule has 0 saturated carbocycles. The molecule has 0 aliphatic heterocycles. The number of carbonyl (C=O) groups is 2. The number of anilines is 1. The van der Waals surface area contributed by atoms with Gasteiger partial charge in [0.2, 0.25) is 5.78 Å². The van der Waals surface area contributed by atoms with Gasteiger partial charge in [0.05, 0.1) is 11.1 Å². The summed E-state index contributed by atoms with van der Waals surface area (Å²) in [6, 6.07) is 14.2. The van der Waals surface area contributed by atoms with Crippen LogP contribution in [0, 0.1) is 0 Å². The van der Waals surface area contributed by atoms with Gasteiger partial charge < -0.3 is 10.5 Å². The number of sulfonamides is 1. The van der Waals surface area contributed by atoms with Gasteiger partial charge in [-0.1, -0.05) is 41.9 Å². The van der Waals surface area contributed by atoms with Gasteiger partial charge in [0, 0.05) is 5.69 Å². The zero-order valence-electron chi connectivity index (χ0n) is 17.8. The van der Waals surface area contributed by atoms with E-state index in [1.54, 1.807) is 12.1 Å². The Morgan fingerprint density at radius 1 is 1.06 bits per heavy atom. The van der Waals surface area contributed by atoms with Gasteiger partial charge in [0.25, 0.3) is 10.0 Å². The summed E-state index contributed by atoms with van der Waals surface area (Å²) < 4.78 is 69.0. The van der Waals surface area contributed by atoms with Gasteiger partial charge in [0.1, 0.15) is 10.6 Å². The number of halogens is 4. The van der Waals surface area contributed by atoms with E-state index in [1.807, 2.05) is 0 Å². The van der Waals surface area contributed by atoms with Gasteiger partial charge >= 0.3 is 6.36 Å². The lowest BCUT2D eigenvalue weighted by Gasteiger charge is -2.13. The maximum atomic E-state index is 12.9. The Morgan fingerprint density at radius 2 is 1.71 bits per heavy atom. The first-order chi connectivity index (χ1) is 16.4. The molecule has 0 bridgehead atoms. The average Bonchev–Trinajstić information content (AvgIpc) is 2.77. The van der Waals surface area contributed by atoms with Crippen LogP contribution in [-0.4, -0.2) is 32.9 Å². The van der Waals surface area contributed by atoms with Crippen LogP contribution >= 0.6 is 11.6 Å². The minimum absolute atomic E-state index is 0.0371. The lowest BCUT2D eigenvalue weighted by atomic mass is 10.0. The first-order valence-electron chi connectivity index (χ1n) is 9.90. The van der Waals surface area contributed by atoms with Crippen LogP contribution in [-0.2, 0) is 26.0 Å². The van der Waals surface area contributed by atoms with Gasteiger partial charge in [-0.3, -0.25) is 14.3 Å². The molecule has 1 atom stereocenters. The van der Waals surface area contributed by atoms with E-state index in [2.05, 4.69) is 9.46 Å². The Kier molecular flexibility index (Phi) is 7.83. The zero-order valence-corrected chi connectivity index (χ0v) is 19.3. The van der Waals surface area contributed by atoms with Crippen LogP contribution in [0.15, 0.2) is 71.6 Å². The Labute approximate surface area is 203 Å². The molecule has 3 aromatic carbocycles. The van der Waals surface area contributed by atoms with Gasteiger partial charge in [-0.25, -0.2) is 8.42 Å². The van der Waals surface area contributed by atoms with Crippen LogP contribution in [0.1, 0.15) is 5.56 Å². The molecule has 0 spiro atoms. The number of hydrogen-bond acceptors (Lipinski definition) is 6. The van der Waals surface area contributed by atoms with Crippen molar-refractivity contribution in [2.24, 2.45) is 5.73 Å². The van der Waals surface area contributed by atoms with Crippen LogP contribution < -0.4 is 15.2 Å². The summed E-state index contributed by atoms with van der Waals surface area (Å²) in [5.41, 5.74) is 7.34. The lowest BCUT2D eigenvalue weighted by Crippen LogP contribution is -2.33. The molecule has 0 aromatic heterocycles. The van der Waals surface area contributed by atoms with E-state index < -0.39 is 34.0 Å². The summed E-state index contributed by atoms with van der Waals surface area (Å²) in [6.07, 6.45) is -4.64. The number of ether oxygens (including phenoxy) is 1. The third-order valence-corrected chi connectivity index (χ3v) is 6.62. The van der Waals surface area contributed by atoms with Gasteiger partial charge in [0.15, 0.2) is 6.29 Å². The standard InChI is InChI=1S/C23H18ClF3N2O5S/c24-19-12-16(15-4-7-18(8-5-15)34-23(25,26)27)6-9-22(19)35(32,33)29-17-3-1-2-14(10-17)11-20(28)21(31)13-30/h1-10,12-13,20,29H,11,28H2. The summed E-state index contributed by atoms with van der Waals surface area (Å²) in [4.78, 5) is 21.7. The average molecular weight is 527 g/mol. The number of nitrogens with two attached hydrogens (primary N) is 1. The number of carbonyl (C=O) groups excluding carboxylic acids is 2. The number of nitrogens with one attached hydrogen (secondary N) is 1. The van der Waals surface area contributed by atoms with Crippen LogP contribution in [0.2, 0.25) is 5.02 Å². The topological polar surface area (TPSA) is 116 Å². The van der Waals surface area contributed by atoms with Crippen LogP contribution in [0.3, 0.4) is 0 Å². The maximum absolute atomic E-state index is 12.9. The molecule has 0 aliphatic rings. The fourth-order valence-corrected chi connectivity index (χ4v) is 4.76. The van der Waals surface area contributed by atoms with E-state index in [1.165, 1.54) is 42.5 Å². The predicted octanol–water partition coefficient (Wildman–Crippen LogP) is 4.34. The number of benzene rings is 3. The number of rotatable bonds is 9. The molecule has 7 nitrogen and oxygen atoms in total. The van der Waals surface area contributed by atoms with Crippen molar-refractivity contribution < 1.29 is 35.9 Å². The Hall–Kier alpha value is -3.41. The van der Waals surface area contributed by atoms with Crippen molar-refractivity contribution >= 4 is 39.4 Å². The molecule has 3 aromatic rings. The molecular weight excluding hydrogens is 509 g/mol. The van der Waals surface area contributed by atoms with Gasteiger partial charge in [-0.05, 0) is 59.5 Å². The minimum Gasteiger partial charge on any atom is -0.406 e. The molecule has 12 heteroatoms. The highest BCUT2D eigenvalue weighted by Gasteiger charge is 2.31. The number of aldehydes is 1. The summed E-state index contributed by atoms with van der Waals surface area (Å²) in [6.45, 7) is 0. The van der Waals surface area contributed by atoms with Crippen molar-refractivity contribution in [3.63, 3.8) is 0 Å². The molecule has 0 heterocycles. The smallest absolute Gasteiger partial charge is 0.406 e. The van der Waals surface area contributed by atoms with Crippen molar-refractivity contribution in [1.82, 2.24) is 0 Å². The molecule has 0 radical (unpaired) electrons. The van der Waals surface area contributed by atoms with Crippen molar-refractivity contribution in [1.29, 1.82) is 0 Å². The van der Waals surface area contributed by atoms with E-state index >= 15 is 0 Å². The summed E-state index contributed by atoms with van der Waals surface area (Å²) >= 11 is 6.22. The second-order valence-corrected chi connectivity index (χ2v) is 9.41. The highest BCUT2D eigenvalue weighted by atomic mass is 35.5. The van der Waals surface area contributed by atoms with Crippen molar-refractivity contribution in [3.05, 3.63) is 77.3 Å². The molecule has 35 heavy (non-hydrogen) atoms. The molecule has 0 aliphatic carbocycles. The first kappa shape index (κ1) is 26.2. The molecule has 3 rings (SSSR count). The summed E-state index contributed by atoms with van der Waals surface area (Å²) in [7, 11) is -4.12. The minimum atomic E-state index is -4.81. The fraction of sp³-hybridized carbons (Fsp3) is 0.130. The van der Waals surface area contributed by atoms with Crippen molar-refractivity contribution in [2.45, 2.75) is 23.7 Å². The molecule has 0 amide bonds. The van der Waals surface area contributed by atoms with Crippen LogP contribution in [0.25, 0.3) is 11.1 Å². The monoisotopic (exact) mass is 526 g/mol. The van der Waals surface area contributed by atoms with E-state index in [4.69, 9.17) is 17.3 Å². The quantitative estimate of drug-likeness (QED) is 0.316. The lowest BCUT2D eigenvalue weighted by molar-refractivity contribution is -0.274. The molecule has 0 saturated heterocycles. The Bertz CT molecular complexity index is 1350. The van der Waals surface area contributed by atoms with E-state index in [0.717, 1.165) is 12.1 Å². The predicted molar refractivity (Wildman–Crippen MR) is 124 cm³/mol. The second-order valence-electron chi connectivity index (χ2n) is 7.35. The SMILES string of the molecule is NC(Cc1cccc(NS(=O)(=O)c2ccc(-c3ccc(OC(F)(F)F)cc3)cc2Cl)c1)C(=O)C=O. The molecule has 184 valence electrons. The Balaban J connectivity index is 1.78. The van der Waals surface area contributed by atoms with Gasteiger partial charge in [-0.2, -0.15) is 0 Å². The molecular formula is C23H18ClF3N2O5S. The Morgan fingerprint density at radius 3 is 2.31 bits per heavy atom. The fourth-order valence-electron chi connectivity index (χ4n) is 3.16. The van der Waals surface area contributed by atoms with Crippen LogP contribution in [0.4, 0.5) is 18.9 Å². The van der Waals surface area contributed by atoms with Crippen molar-refractivity contribution in [3.8, 4) is 16.9 Å². The second kappa shape index (κ2) is 10.5. The largest absolute Gasteiger partial charge is 0.573 e. The normalized spacial score (nSPS) is 12.6. The number of ketones is 1. The third kappa shape index (κ3) is 7.04. The molecule has 1 unspecified atom stereocenters. The van der Waals surface area contributed by atoms with Crippen molar-refractivity contribution in [2.75, 3.05) is 4.72 Å².